The lowest BCUT2D eigenvalue weighted by Crippen LogP contribution is -2.21. The van der Waals surface area contributed by atoms with Crippen LogP contribution in [0.1, 0.15) is 12.2 Å². The molecule has 2 rings (SSSR count). The lowest BCUT2D eigenvalue weighted by molar-refractivity contribution is -0.156. The van der Waals surface area contributed by atoms with Crippen molar-refractivity contribution in [2.45, 2.75) is 12.5 Å². The number of hydrogen-bond donors (Lipinski definition) is 0. The molecule has 0 spiro atoms. The molecule has 0 aromatic carbocycles. The van der Waals surface area contributed by atoms with Gasteiger partial charge in [-0.05, 0) is 40.8 Å². The number of carbonyl (C=O) groups excluding carboxylic acids is 2. The van der Waals surface area contributed by atoms with Crippen LogP contribution in [0.15, 0.2) is 22.6 Å². The number of esters is 2. The fourth-order valence-electron chi connectivity index (χ4n) is 1.33. The zero-order valence-electron chi connectivity index (χ0n) is 8.72. The molecule has 0 radical (unpaired) electrons. The van der Waals surface area contributed by atoms with Crippen molar-refractivity contribution in [1.29, 1.82) is 0 Å². The Morgan fingerprint density at radius 3 is 2.94 bits per heavy atom. The van der Waals surface area contributed by atoms with Crippen LogP contribution in [0.3, 0.4) is 0 Å². The number of rotatable bonds is 3. The fraction of sp³-hybridized carbons (Fsp3) is 0.273. The van der Waals surface area contributed by atoms with Crippen LogP contribution in [0.5, 0.6) is 0 Å². The van der Waals surface area contributed by atoms with Crippen LogP contribution in [-0.2, 0) is 19.1 Å². The van der Waals surface area contributed by atoms with E-state index in [1.165, 1.54) is 12.2 Å². The molecule has 1 aromatic heterocycles. The fourth-order valence-corrected chi connectivity index (χ4v) is 1.77. The van der Waals surface area contributed by atoms with E-state index >= 15 is 0 Å². The normalized spacial score (nSPS) is 19.6. The summed E-state index contributed by atoms with van der Waals surface area (Å²) in [6, 6.07) is 3.51. The van der Waals surface area contributed by atoms with Crippen molar-refractivity contribution < 1.29 is 23.5 Å². The minimum absolute atomic E-state index is 0.302. The summed E-state index contributed by atoms with van der Waals surface area (Å²) in [5.41, 5.74) is 0. The molecule has 1 atom stereocenters. The molecule has 0 saturated carbocycles. The Balaban J connectivity index is 1.88. The molecule has 0 amide bonds. The van der Waals surface area contributed by atoms with E-state index in [1.54, 1.807) is 12.1 Å². The SMILES string of the molecule is O=C(C=Cc1ccc(I)o1)OC1CCOC1=O. The standard InChI is InChI=1S/C11H9IO5/c12-9-3-1-7(16-9)2-4-10(13)17-8-5-6-15-11(8)14/h1-4,8H,5-6H2. The van der Waals surface area contributed by atoms with E-state index in [1.807, 2.05) is 22.6 Å². The number of hydrogen-bond acceptors (Lipinski definition) is 5. The van der Waals surface area contributed by atoms with E-state index < -0.39 is 18.0 Å². The van der Waals surface area contributed by atoms with Gasteiger partial charge in [0.25, 0.3) is 0 Å². The second-order valence-electron chi connectivity index (χ2n) is 3.36. The third-order valence-electron chi connectivity index (χ3n) is 2.12. The highest BCUT2D eigenvalue weighted by molar-refractivity contribution is 14.1. The van der Waals surface area contributed by atoms with E-state index in [0.29, 0.717) is 18.8 Å². The van der Waals surface area contributed by atoms with Crippen molar-refractivity contribution in [1.82, 2.24) is 0 Å². The lowest BCUT2D eigenvalue weighted by Gasteiger charge is -2.04. The van der Waals surface area contributed by atoms with Gasteiger partial charge in [0.15, 0.2) is 3.77 Å². The van der Waals surface area contributed by atoms with Crippen LogP contribution >= 0.6 is 22.6 Å². The smallest absolute Gasteiger partial charge is 0.347 e. The van der Waals surface area contributed by atoms with Crippen molar-refractivity contribution in [3.63, 3.8) is 0 Å². The molecule has 2 heterocycles. The monoisotopic (exact) mass is 348 g/mol. The first-order chi connectivity index (χ1) is 8.15. The van der Waals surface area contributed by atoms with Crippen LogP contribution in [0.4, 0.5) is 0 Å². The average Bonchev–Trinajstić information content (AvgIpc) is 2.86. The molecule has 1 aliphatic rings. The van der Waals surface area contributed by atoms with Gasteiger partial charge < -0.3 is 13.9 Å². The van der Waals surface area contributed by atoms with E-state index in [4.69, 9.17) is 9.15 Å². The molecule has 1 saturated heterocycles. The Morgan fingerprint density at radius 1 is 1.53 bits per heavy atom. The highest BCUT2D eigenvalue weighted by Gasteiger charge is 2.29. The van der Waals surface area contributed by atoms with Crippen LogP contribution in [0, 0.1) is 3.77 Å². The highest BCUT2D eigenvalue weighted by Crippen LogP contribution is 2.13. The van der Waals surface area contributed by atoms with Gasteiger partial charge in [0.05, 0.1) is 6.61 Å². The minimum atomic E-state index is -0.774. The summed E-state index contributed by atoms with van der Waals surface area (Å²) in [5.74, 6) is -0.514. The van der Waals surface area contributed by atoms with Gasteiger partial charge in [0.1, 0.15) is 5.76 Å². The maximum absolute atomic E-state index is 11.4. The summed E-state index contributed by atoms with van der Waals surface area (Å²) < 4.78 is 15.5. The Kier molecular flexibility index (Phi) is 3.82. The predicted octanol–water partition coefficient (Wildman–Crippen LogP) is 1.76. The molecule has 1 aromatic rings. The quantitative estimate of drug-likeness (QED) is 0.473. The third-order valence-corrected chi connectivity index (χ3v) is 2.70. The predicted molar refractivity (Wildman–Crippen MR) is 65.9 cm³/mol. The molecule has 6 heteroatoms. The van der Waals surface area contributed by atoms with Crippen molar-refractivity contribution >= 4 is 40.6 Å². The van der Waals surface area contributed by atoms with Gasteiger partial charge >= 0.3 is 11.9 Å². The van der Waals surface area contributed by atoms with Gasteiger partial charge in [0.2, 0.25) is 6.10 Å². The number of furan rings is 1. The van der Waals surface area contributed by atoms with Crippen molar-refractivity contribution in [3.05, 3.63) is 27.7 Å². The zero-order chi connectivity index (χ0) is 12.3. The third kappa shape index (κ3) is 3.32. The van der Waals surface area contributed by atoms with E-state index in [2.05, 4.69) is 4.74 Å². The molecule has 1 fully saturated rings. The first-order valence-electron chi connectivity index (χ1n) is 4.96. The van der Waals surface area contributed by atoms with Crippen LogP contribution in [0.2, 0.25) is 0 Å². The van der Waals surface area contributed by atoms with Crippen LogP contribution in [-0.4, -0.2) is 24.6 Å². The molecule has 90 valence electrons. The summed E-state index contributed by atoms with van der Waals surface area (Å²) >= 11 is 2.02. The van der Waals surface area contributed by atoms with Crippen molar-refractivity contribution in [3.8, 4) is 0 Å². The maximum atomic E-state index is 11.4. The number of halogens is 1. The number of cyclic esters (lactones) is 1. The second-order valence-corrected chi connectivity index (χ2v) is 4.42. The summed E-state index contributed by atoms with van der Waals surface area (Å²) in [7, 11) is 0. The molecule has 0 aliphatic carbocycles. The molecule has 1 unspecified atom stereocenters. The maximum Gasteiger partial charge on any atom is 0.347 e. The van der Waals surface area contributed by atoms with Crippen LogP contribution < -0.4 is 0 Å². The Hall–Kier alpha value is -1.31. The lowest BCUT2D eigenvalue weighted by atomic mass is 10.3. The summed E-state index contributed by atoms with van der Waals surface area (Å²) in [6.07, 6.45) is 2.35. The Bertz CT molecular complexity index is 462. The van der Waals surface area contributed by atoms with Gasteiger partial charge in [0, 0.05) is 12.5 Å². The molecule has 1 aliphatic heterocycles. The number of carbonyl (C=O) groups is 2. The Labute approximate surface area is 111 Å². The largest absolute Gasteiger partial charge is 0.463 e. The molecule has 5 nitrogen and oxygen atoms in total. The minimum Gasteiger partial charge on any atom is -0.463 e. The molecule has 0 N–H and O–H groups in total. The van der Waals surface area contributed by atoms with E-state index in [0.717, 1.165) is 3.77 Å². The highest BCUT2D eigenvalue weighted by atomic mass is 127. The van der Waals surface area contributed by atoms with Gasteiger partial charge in [-0.15, -0.1) is 0 Å². The molecular formula is C11H9IO5. The zero-order valence-corrected chi connectivity index (χ0v) is 10.9. The second kappa shape index (κ2) is 5.35. The van der Waals surface area contributed by atoms with Crippen molar-refractivity contribution in [2.24, 2.45) is 0 Å². The van der Waals surface area contributed by atoms with Gasteiger partial charge in [-0.3, -0.25) is 0 Å². The van der Waals surface area contributed by atoms with Crippen molar-refractivity contribution in [2.75, 3.05) is 6.61 Å². The van der Waals surface area contributed by atoms with E-state index in [-0.39, 0.29) is 0 Å². The molecular weight excluding hydrogens is 339 g/mol. The summed E-state index contributed by atoms with van der Waals surface area (Å²) in [4.78, 5) is 22.4. The van der Waals surface area contributed by atoms with Crippen LogP contribution in [0.25, 0.3) is 6.08 Å². The molecule has 17 heavy (non-hydrogen) atoms. The summed E-state index contributed by atoms with van der Waals surface area (Å²) in [6.45, 7) is 0.302. The van der Waals surface area contributed by atoms with Gasteiger partial charge in [-0.2, -0.15) is 0 Å². The topological polar surface area (TPSA) is 65.7 Å². The first kappa shape index (κ1) is 12.2. The Morgan fingerprint density at radius 2 is 2.35 bits per heavy atom. The van der Waals surface area contributed by atoms with Gasteiger partial charge in [-0.1, -0.05) is 0 Å². The molecule has 0 bridgehead atoms. The van der Waals surface area contributed by atoms with E-state index in [9.17, 15) is 9.59 Å². The average molecular weight is 348 g/mol. The first-order valence-corrected chi connectivity index (χ1v) is 6.04. The van der Waals surface area contributed by atoms with Gasteiger partial charge in [-0.25, -0.2) is 9.59 Å². The number of ether oxygens (including phenoxy) is 2. The summed E-state index contributed by atoms with van der Waals surface area (Å²) in [5, 5.41) is 0.